The lowest BCUT2D eigenvalue weighted by Crippen LogP contribution is -2.39. The summed E-state index contributed by atoms with van der Waals surface area (Å²) in [5.74, 6) is 0.510. The standard InChI is InChI=1S/C21H24N4O4/c1-3-29-19-9-7-18(8-10-19)25-13-17(12-20(25)27)24-21(28)23-16-6-4-5-15(11-16)22-14(2)26/h4-11,17H,3,12-13H2,1-2H3,(H,22,26)(H2,23,24,28)/t17-/m1/s1. The van der Waals surface area contributed by atoms with Crippen LogP contribution in [0.3, 0.4) is 0 Å². The summed E-state index contributed by atoms with van der Waals surface area (Å²) in [4.78, 5) is 37.5. The molecule has 4 amide bonds. The average molecular weight is 396 g/mol. The largest absolute Gasteiger partial charge is 0.494 e. The van der Waals surface area contributed by atoms with E-state index in [9.17, 15) is 14.4 Å². The van der Waals surface area contributed by atoms with Crippen LogP contribution in [0.1, 0.15) is 20.3 Å². The zero-order valence-corrected chi connectivity index (χ0v) is 16.4. The maximum absolute atomic E-state index is 12.4. The Morgan fingerprint density at radius 2 is 1.79 bits per heavy atom. The molecule has 1 aliphatic rings. The fraction of sp³-hybridized carbons (Fsp3) is 0.286. The monoisotopic (exact) mass is 396 g/mol. The van der Waals surface area contributed by atoms with E-state index >= 15 is 0 Å². The third-order valence-electron chi connectivity index (χ3n) is 4.36. The number of nitrogens with one attached hydrogen (secondary N) is 3. The van der Waals surface area contributed by atoms with Crippen molar-refractivity contribution < 1.29 is 19.1 Å². The van der Waals surface area contributed by atoms with Crippen LogP contribution in [0.25, 0.3) is 0 Å². The van der Waals surface area contributed by atoms with Gasteiger partial charge in [0, 0.05) is 37.0 Å². The maximum atomic E-state index is 12.4. The van der Waals surface area contributed by atoms with Crippen molar-refractivity contribution in [1.29, 1.82) is 0 Å². The summed E-state index contributed by atoms with van der Waals surface area (Å²) < 4.78 is 5.42. The molecular weight excluding hydrogens is 372 g/mol. The normalized spacial score (nSPS) is 15.7. The highest BCUT2D eigenvalue weighted by atomic mass is 16.5. The second-order valence-electron chi connectivity index (χ2n) is 6.69. The molecular formula is C21H24N4O4. The van der Waals surface area contributed by atoms with Crippen LogP contribution in [-0.2, 0) is 9.59 Å². The fourth-order valence-electron chi connectivity index (χ4n) is 3.17. The second-order valence-corrected chi connectivity index (χ2v) is 6.69. The van der Waals surface area contributed by atoms with Crippen molar-refractivity contribution in [2.24, 2.45) is 0 Å². The van der Waals surface area contributed by atoms with Crippen LogP contribution in [0, 0.1) is 0 Å². The molecule has 0 radical (unpaired) electrons. The first-order chi connectivity index (χ1) is 13.9. The van der Waals surface area contributed by atoms with Crippen LogP contribution >= 0.6 is 0 Å². The van der Waals surface area contributed by atoms with Gasteiger partial charge in [0.25, 0.3) is 0 Å². The quantitative estimate of drug-likeness (QED) is 0.699. The summed E-state index contributed by atoms with van der Waals surface area (Å²) in [6, 6.07) is 13.4. The molecule has 1 fully saturated rings. The Hall–Kier alpha value is -3.55. The molecule has 0 aliphatic carbocycles. The van der Waals surface area contributed by atoms with Crippen molar-refractivity contribution in [1.82, 2.24) is 5.32 Å². The third-order valence-corrected chi connectivity index (χ3v) is 4.36. The van der Waals surface area contributed by atoms with Gasteiger partial charge in [-0.05, 0) is 49.4 Å². The molecule has 29 heavy (non-hydrogen) atoms. The smallest absolute Gasteiger partial charge is 0.319 e. The Morgan fingerprint density at radius 3 is 2.45 bits per heavy atom. The average Bonchev–Trinajstić information content (AvgIpc) is 3.02. The van der Waals surface area contributed by atoms with Gasteiger partial charge < -0.3 is 25.6 Å². The van der Waals surface area contributed by atoms with Crippen molar-refractivity contribution in [3.63, 3.8) is 0 Å². The van der Waals surface area contributed by atoms with Gasteiger partial charge in [0.1, 0.15) is 5.75 Å². The van der Waals surface area contributed by atoms with Gasteiger partial charge in [0.05, 0.1) is 12.6 Å². The highest BCUT2D eigenvalue weighted by Crippen LogP contribution is 2.24. The molecule has 2 aromatic rings. The minimum atomic E-state index is -0.406. The molecule has 3 N–H and O–H groups in total. The molecule has 3 rings (SSSR count). The van der Waals surface area contributed by atoms with E-state index < -0.39 is 6.03 Å². The minimum Gasteiger partial charge on any atom is -0.494 e. The Labute approximate surface area is 169 Å². The number of urea groups is 1. The first-order valence-corrected chi connectivity index (χ1v) is 9.43. The van der Waals surface area contributed by atoms with Gasteiger partial charge in [0.2, 0.25) is 11.8 Å². The molecule has 152 valence electrons. The van der Waals surface area contributed by atoms with Crippen molar-refractivity contribution in [2.75, 3.05) is 28.7 Å². The number of anilines is 3. The van der Waals surface area contributed by atoms with Crippen LogP contribution in [-0.4, -0.2) is 37.0 Å². The zero-order valence-electron chi connectivity index (χ0n) is 16.4. The number of hydrogen-bond donors (Lipinski definition) is 3. The fourth-order valence-corrected chi connectivity index (χ4v) is 3.17. The van der Waals surface area contributed by atoms with E-state index in [1.54, 1.807) is 29.2 Å². The number of ether oxygens (including phenoxy) is 1. The Balaban J connectivity index is 1.56. The zero-order chi connectivity index (χ0) is 20.8. The van der Waals surface area contributed by atoms with Crippen LogP contribution < -0.4 is 25.6 Å². The first kappa shape index (κ1) is 20.2. The van der Waals surface area contributed by atoms with E-state index in [0.29, 0.717) is 24.5 Å². The second kappa shape index (κ2) is 9.09. The highest BCUT2D eigenvalue weighted by Gasteiger charge is 2.31. The van der Waals surface area contributed by atoms with Gasteiger partial charge in [-0.2, -0.15) is 0 Å². The van der Waals surface area contributed by atoms with Gasteiger partial charge >= 0.3 is 6.03 Å². The van der Waals surface area contributed by atoms with Gasteiger partial charge in [-0.1, -0.05) is 6.07 Å². The predicted molar refractivity (Wildman–Crippen MR) is 111 cm³/mol. The van der Waals surface area contributed by atoms with Crippen molar-refractivity contribution in [3.05, 3.63) is 48.5 Å². The Kier molecular flexibility index (Phi) is 6.33. The lowest BCUT2D eigenvalue weighted by Gasteiger charge is -2.18. The van der Waals surface area contributed by atoms with Crippen LogP contribution in [0.4, 0.5) is 21.9 Å². The van der Waals surface area contributed by atoms with Crippen LogP contribution in [0.2, 0.25) is 0 Å². The number of nitrogens with zero attached hydrogens (tertiary/aromatic N) is 1. The van der Waals surface area contributed by atoms with E-state index in [1.165, 1.54) is 6.92 Å². The van der Waals surface area contributed by atoms with Crippen molar-refractivity contribution in [2.45, 2.75) is 26.3 Å². The molecule has 8 heteroatoms. The van der Waals surface area contributed by atoms with E-state index in [4.69, 9.17) is 4.74 Å². The van der Waals surface area contributed by atoms with Crippen molar-refractivity contribution in [3.8, 4) is 5.75 Å². The van der Waals surface area contributed by atoms with E-state index in [1.807, 2.05) is 31.2 Å². The van der Waals surface area contributed by atoms with E-state index in [-0.39, 0.29) is 24.3 Å². The molecule has 1 aliphatic heterocycles. The van der Waals surface area contributed by atoms with E-state index in [0.717, 1.165) is 11.4 Å². The number of carbonyl (C=O) groups is 3. The molecule has 0 spiro atoms. The number of carbonyl (C=O) groups excluding carboxylic acids is 3. The Bertz CT molecular complexity index is 898. The molecule has 8 nitrogen and oxygen atoms in total. The molecule has 1 heterocycles. The van der Waals surface area contributed by atoms with Crippen LogP contribution in [0.5, 0.6) is 5.75 Å². The molecule has 2 aromatic carbocycles. The molecule has 1 atom stereocenters. The summed E-state index contributed by atoms with van der Waals surface area (Å²) in [6.07, 6.45) is 0.229. The number of hydrogen-bond acceptors (Lipinski definition) is 4. The maximum Gasteiger partial charge on any atom is 0.319 e. The number of amides is 4. The van der Waals surface area contributed by atoms with Gasteiger partial charge in [-0.25, -0.2) is 4.79 Å². The predicted octanol–water partition coefficient (Wildman–Crippen LogP) is 2.97. The molecule has 0 bridgehead atoms. The summed E-state index contributed by atoms with van der Waals surface area (Å²) in [7, 11) is 0. The summed E-state index contributed by atoms with van der Waals surface area (Å²) in [5, 5.41) is 8.21. The van der Waals surface area contributed by atoms with Crippen molar-refractivity contribution >= 4 is 34.9 Å². The lowest BCUT2D eigenvalue weighted by molar-refractivity contribution is -0.117. The van der Waals surface area contributed by atoms with Gasteiger partial charge in [0.15, 0.2) is 0 Å². The molecule has 1 saturated heterocycles. The number of benzene rings is 2. The summed E-state index contributed by atoms with van der Waals surface area (Å²) in [6.45, 7) is 4.30. The molecule has 0 unspecified atom stereocenters. The summed E-state index contributed by atoms with van der Waals surface area (Å²) in [5.41, 5.74) is 1.90. The summed E-state index contributed by atoms with van der Waals surface area (Å²) >= 11 is 0. The van der Waals surface area contributed by atoms with E-state index in [2.05, 4.69) is 16.0 Å². The third kappa shape index (κ3) is 5.47. The van der Waals surface area contributed by atoms with Crippen LogP contribution in [0.15, 0.2) is 48.5 Å². The lowest BCUT2D eigenvalue weighted by atomic mass is 10.2. The SMILES string of the molecule is CCOc1ccc(N2C[C@H](NC(=O)Nc3cccc(NC(C)=O)c3)CC2=O)cc1. The minimum absolute atomic E-state index is 0.0490. The topological polar surface area (TPSA) is 99.8 Å². The number of rotatable bonds is 6. The molecule has 0 aromatic heterocycles. The highest BCUT2D eigenvalue weighted by molar-refractivity contribution is 5.98. The van der Waals surface area contributed by atoms with Gasteiger partial charge in [-0.3, -0.25) is 9.59 Å². The van der Waals surface area contributed by atoms with Gasteiger partial charge in [-0.15, -0.1) is 0 Å². The molecule has 0 saturated carbocycles. The Morgan fingerprint density at radius 1 is 1.10 bits per heavy atom. The first-order valence-electron chi connectivity index (χ1n) is 9.43.